The monoisotopic (exact) mass is 383 g/mol. The second-order valence-electron chi connectivity index (χ2n) is 7.64. The number of anilines is 1. The molecule has 1 heterocycles. The van der Waals surface area contributed by atoms with E-state index in [2.05, 4.69) is 10.6 Å². The predicted octanol–water partition coefficient (Wildman–Crippen LogP) is 3.58. The number of halogens is 1. The van der Waals surface area contributed by atoms with Crippen LogP contribution in [0.15, 0.2) is 42.5 Å². The van der Waals surface area contributed by atoms with Gasteiger partial charge in [0.15, 0.2) is 0 Å². The maximum absolute atomic E-state index is 13.2. The molecule has 0 saturated heterocycles. The molecule has 2 aromatic rings. The zero-order valence-electron chi connectivity index (χ0n) is 16.0. The third-order valence-electron chi connectivity index (χ3n) is 4.40. The van der Waals surface area contributed by atoms with Gasteiger partial charge in [0.1, 0.15) is 5.82 Å². The van der Waals surface area contributed by atoms with E-state index in [1.165, 1.54) is 23.1 Å². The average molecular weight is 383 g/mol. The Bertz CT molecular complexity index is 950. The standard InChI is InChI=1S/C21H22FN3O3/c1-21(2,3)25-18(26)16-8-7-15(12-17(16)19(25)27)24-20(28)23-10-9-13-5-4-6-14(22)11-13/h4-8,11-12H,9-10H2,1-3H3,(H2,23,24,28). The van der Waals surface area contributed by atoms with Crippen molar-refractivity contribution in [1.82, 2.24) is 10.2 Å². The number of imide groups is 1. The van der Waals surface area contributed by atoms with Crippen LogP contribution in [0.1, 0.15) is 47.1 Å². The van der Waals surface area contributed by atoms with Gasteiger partial charge in [-0.3, -0.25) is 14.5 Å². The molecular formula is C21H22FN3O3. The fourth-order valence-corrected chi connectivity index (χ4v) is 3.12. The summed E-state index contributed by atoms with van der Waals surface area (Å²) in [7, 11) is 0. The molecule has 0 unspecified atom stereocenters. The molecule has 0 spiro atoms. The van der Waals surface area contributed by atoms with Crippen LogP contribution in [0.2, 0.25) is 0 Å². The molecule has 0 saturated carbocycles. The Labute approximate surface area is 162 Å². The van der Waals surface area contributed by atoms with Gasteiger partial charge in [-0.1, -0.05) is 12.1 Å². The number of hydrogen-bond donors (Lipinski definition) is 2. The largest absolute Gasteiger partial charge is 0.338 e. The van der Waals surface area contributed by atoms with Crippen molar-refractivity contribution in [2.75, 3.05) is 11.9 Å². The molecule has 0 aromatic heterocycles. The minimum Gasteiger partial charge on any atom is -0.338 e. The van der Waals surface area contributed by atoms with Gasteiger partial charge in [0.2, 0.25) is 0 Å². The molecule has 0 bridgehead atoms. The fraction of sp³-hybridized carbons (Fsp3) is 0.286. The van der Waals surface area contributed by atoms with Gasteiger partial charge in [-0.05, 0) is 63.1 Å². The summed E-state index contributed by atoms with van der Waals surface area (Å²) in [6.07, 6.45) is 0.489. The van der Waals surface area contributed by atoms with Crippen LogP contribution in [-0.4, -0.2) is 34.8 Å². The number of nitrogens with zero attached hydrogens (tertiary/aromatic N) is 1. The molecule has 2 N–H and O–H groups in total. The molecule has 0 atom stereocenters. The second kappa shape index (κ2) is 7.42. The Kier molecular flexibility index (Phi) is 5.18. The van der Waals surface area contributed by atoms with Crippen LogP contribution in [0, 0.1) is 5.82 Å². The molecule has 7 heteroatoms. The van der Waals surface area contributed by atoms with Crippen molar-refractivity contribution in [3.63, 3.8) is 0 Å². The summed E-state index contributed by atoms with van der Waals surface area (Å²) in [5.74, 6) is -1.02. The Morgan fingerprint density at radius 3 is 2.43 bits per heavy atom. The fourth-order valence-electron chi connectivity index (χ4n) is 3.12. The lowest BCUT2D eigenvalue weighted by molar-refractivity contribution is 0.0507. The molecule has 3 rings (SSSR count). The molecular weight excluding hydrogens is 361 g/mol. The number of carbonyl (C=O) groups is 3. The van der Waals surface area contributed by atoms with E-state index in [1.807, 2.05) is 0 Å². The second-order valence-corrected chi connectivity index (χ2v) is 7.64. The summed E-state index contributed by atoms with van der Waals surface area (Å²) < 4.78 is 13.2. The Hall–Kier alpha value is -3.22. The first-order valence-corrected chi connectivity index (χ1v) is 8.99. The van der Waals surface area contributed by atoms with Crippen molar-refractivity contribution in [2.24, 2.45) is 0 Å². The molecule has 0 fully saturated rings. The summed E-state index contributed by atoms with van der Waals surface area (Å²) in [6, 6.07) is 10.4. The van der Waals surface area contributed by atoms with Crippen LogP contribution < -0.4 is 10.6 Å². The highest BCUT2D eigenvalue weighted by atomic mass is 19.1. The van der Waals surface area contributed by atoms with Crippen molar-refractivity contribution in [3.8, 4) is 0 Å². The normalized spacial score (nSPS) is 13.5. The maximum Gasteiger partial charge on any atom is 0.319 e. The van der Waals surface area contributed by atoms with Crippen molar-refractivity contribution in [1.29, 1.82) is 0 Å². The van der Waals surface area contributed by atoms with E-state index in [4.69, 9.17) is 0 Å². The minimum absolute atomic E-state index is 0.275. The van der Waals surface area contributed by atoms with Gasteiger partial charge >= 0.3 is 6.03 Å². The summed E-state index contributed by atoms with van der Waals surface area (Å²) in [5.41, 5.74) is 1.17. The van der Waals surface area contributed by atoms with Gasteiger partial charge < -0.3 is 10.6 Å². The quantitative estimate of drug-likeness (QED) is 0.792. The van der Waals surface area contributed by atoms with E-state index < -0.39 is 11.6 Å². The van der Waals surface area contributed by atoms with Crippen molar-refractivity contribution < 1.29 is 18.8 Å². The number of benzene rings is 2. The topological polar surface area (TPSA) is 78.5 Å². The SMILES string of the molecule is CC(C)(C)N1C(=O)c2ccc(NC(=O)NCCc3cccc(F)c3)cc2C1=O. The van der Waals surface area contributed by atoms with Crippen LogP contribution in [-0.2, 0) is 6.42 Å². The van der Waals surface area contributed by atoms with Crippen LogP contribution in [0.4, 0.5) is 14.9 Å². The summed E-state index contributed by atoms with van der Waals surface area (Å²) in [5, 5.41) is 5.34. The van der Waals surface area contributed by atoms with Gasteiger partial charge in [0, 0.05) is 17.8 Å². The van der Waals surface area contributed by atoms with E-state index >= 15 is 0 Å². The Morgan fingerprint density at radius 1 is 1.04 bits per heavy atom. The maximum atomic E-state index is 13.2. The smallest absolute Gasteiger partial charge is 0.319 e. The number of nitrogens with one attached hydrogen (secondary N) is 2. The first-order valence-electron chi connectivity index (χ1n) is 8.99. The molecule has 6 nitrogen and oxygen atoms in total. The van der Waals surface area contributed by atoms with Crippen LogP contribution in [0.25, 0.3) is 0 Å². The predicted molar refractivity (Wildman–Crippen MR) is 104 cm³/mol. The third-order valence-corrected chi connectivity index (χ3v) is 4.40. The molecule has 4 amide bonds. The number of amides is 4. The number of hydrogen-bond acceptors (Lipinski definition) is 3. The Morgan fingerprint density at radius 2 is 1.75 bits per heavy atom. The highest BCUT2D eigenvalue weighted by Crippen LogP contribution is 2.30. The molecule has 0 aliphatic carbocycles. The first kappa shape index (κ1) is 19.5. The van der Waals surface area contributed by atoms with Crippen LogP contribution >= 0.6 is 0 Å². The van der Waals surface area contributed by atoms with E-state index in [1.54, 1.807) is 45.0 Å². The van der Waals surface area contributed by atoms with Gasteiger partial charge in [-0.2, -0.15) is 0 Å². The number of urea groups is 1. The summed E-state index contributed by atoms with van der Waals surface area (Å²) in [6.45, 7) is 5.70. The number of carbonyl (C=O) groups excluding carboxylic acids is 3. The molecule has 1 aliphatic heterocycles. The molecule has 146 valence electrons. The van der Waals surface area contributed by atoms with Gasteiger partial charge in [-0.15, -0.1) is 0 Å². The third kappa shape index (κ3) is 4.03. The lowest BCUT2D eigenvalue weighted by Gasteiger charge is -2.29. The van der Waals surface area contributed by atoms with Gasteiger partial charge in [0.25, 0.3) is 11.8 Å². The first-order chi connectivity index (χ1) is 13.2. The lowest BCUT2D eigenvalue weighted by Crippen LogP contribution is -2.45. The van der Waals surface area contributed by atoms with Crippen LogP contribution in [0.5, 0.6) is 0 Å². The van der Waals surface area contributed by atoms with E-state index in [-0.39, 0.29) is 23.2 Å². The number of fused-ring (bicyclic) bond motifs is 1. The Balaban J connectivity index is 1.62. The van der Waals surface area contributed by atoms with E-state index in [9.17, 15) is 18.8 Å². The van der Waals surface area contributed by atoms with Gasteiger partial charge in [0.05, 0.1) is 11.1 Å². The van der Waals surface area contributed by atoms with Crippen LogP contribution in [0.3, 0.4) is 0 Å². The van der Waals surface area contributed by atoms with Crippen molar-refractivity contribution in [3.05, 3.63) is 65.0 Å². The highest BCUT2D eigenvalue weighted by molar-refractivity contribution is 6.22. The highest BCUT2D eigenvalue weighted by Gasteiger charge is 2.41. The van der Waals surface area contributed by atoms with Crippen molar-refractivity contribution >= 4 is 23.5 Å². The summed E-state index contributed by atoms with van der Waals surface area (Å²) in [4.78, 5) is 38.4. The molecule has 0 radical (unpaired) electrons. The van der Waals surface area contributed by atoms with Crippen molar-refractivity contribution in [2.45, 2.75) is 32.7 Å². The zero-order chi connectivity index (χ0) is 20.5. The molecule has 28 heavy (non-hydrogen) atoms. The molecule has 1 aliphatic rings. The van der Waals surface area contributed by atoms with E-state index in [0.29, 0.717) is 24.2 Å². The minimum atomic E-state index is -0.630. The zero-order valence-corrected chi connectivity index (χ0v) is 16.0. The lowest BCUT2D eigenvalue weighted by atomic mass is 10.1. The van der Waals surface area contributed by atoms with Gasteiger partial charge in [-0.25, -0.2) is 9.18 Å². The summed E-state index contributed by atoms with van der Waals surface area (Å²) >= 11 is 0. The average Bonchev–Trinajstić information content (AvgIpc) is 2.85. The van der Waals surface area contributed by atoms with E-state index in [0.717, 1.165) is 5.56 Å². The number of rotatable bonds is 4. The molecule has 2 aromatic carbocycles.